The van der Waals surface area contributed by atoms with Gasteiger partial charge in [-0.05, 0) is 37.3 Å². The number of nitro groups is 1. The van der Waals surface area contributed by atoms with E-state index in [-0.39, 0.29) is 11.5 Å². The Balaban J connectivity index is 2.21. The lowest BCUT2D eigenvalue weighted by molar-refractivity contribution is -0.385. The summed E-state index contributed by atoms with van der Waals surface area (Å²) in [6, 6.07) is 8.84. The zero-order valence-corrected chi connectivity index (χ0v) is 10.5. The second-order valence-electron chi connectivity index (χ2n) is 4.43. The van der Waals surface area contributed by atoms with Crippen molar-refractivity contribution in [2.24, 2.45) is 0 Å². The average molecular weight is 272 g/mol. The lowest BCUT2D eigenvalue weighted by Crippen LogP contribution is -1.91. The molecule has 0 atom stereocenters. The van der Waals surface area contributed by atoms with Crippen molar-refractivity contribution in [1.29, 1.82) is 0 Å². The number of fused-ring (bicyclic) bond motifs is 1. The number of aromatic nitrogens is 1. The molecule has 0 aliphatic heterocycles. The van der Waals surface area contributed by atoms with Gasteiger partial charge >= 0.3 is 0 Å². The molecule has 0 spiro atoms. The predicted octanol–water partition coefficient (Wildman–Crippen LogP) is 3.85. The summed E-state index contributed by atoms with van der Waals surface area (Å²) in [7, 11) is 0. The summed E-state index contributed by atoms with van der Waals surface area (Å²) in [5.41, 5.74) is 2.08. The highest BCUT2D eigenvalue weighted by atomic mass is 19.1. The van der Waals surface area contributed by atoms with Crippen molar-refractivity contribution >= 4 is 16.7 Å². The van der Waals surface area contributed by atoms with Crippen LogP contribution in [0.3, 0.4) is 0 Å². The van der Waals surface area contributed by atoms with Crippen molar-refractivity contribution in [2.75, 3.05) is 0 Å². The lowest BCUT2D eigenvalue weighted by Gasteiger charge is -1.99. The van der Waals surface area contributed by atoms with Crippen LogP contribution in [0.1, 0.15) is 5.56 Å². The maximum absolute atomic E-state index is 12.9. The first-order chi connectivity index (χ1) is 9.56. The van der Waals surface area contributed by atoms with Gasteiger partial charge in [-0.3, -0.25) is 10.1 Å². The summed E-state index contributed by atoms with van der Waals surface area (Å²) < 4.78 is 18.1. The standard InChI is InChI=1S/C14H9FN2O3/c1-8-6-11-13(7-12(8)17(18)19)20-16-14(11)9-2-4-10(15)5-3-9/h2-7H,1H3. The molecule has 0 aliphatic carbocycles. The third-order valence-electron chi connectivity index (χ3n) is 3.10. The number of benzene rings is 2. The molecule has 3 rings (SSSR count). The summed E-state index contributed by atoms with van der Waals surface area (Å²) in [4.78, 5) is 10.4. The van der Waals surface area contributed by atoms with Gasteiger partial charge in [-0.15, -0.1) is 0 Å². The quantitative estimate of drug-likeness (QED) is 0.524. The number of halogens is 1. The fourth-order valence-electron chi connectivity index (χ4n) is 2.09. The third kappa shape index (κ3) is 1.91. The van der Waals surface area contributed by atoms with Crippen molar-refractivity contribution < 1.29 is 13.8 Å². The normalized spacial score (nSPS) is 10.9. The topological polar surface area (TPSA) is 69.2 Å². The third-order valence-corrected chi connectivity index (χ3v) is 3.10. The number of rotatable bonds is 2. The second-order valence-corrected chi connectivity index (χ2v) is 4.43. The van der Waals surface area contributed by atoms with Gasteiger partial charge in [0.25, 0.3) is 5.69 Å². The van der Waals surface area contributed by atoms with Crippen molar-refractivity contribution in [3.8, 4) is 11.3 Å². The summed E-state index contributed by atoms with van der Waals surface area (Å²) in [5, 5.41) is 15.5. The Bertz CT molecular complexity index is 809. The molecule has 0 bridgehead atoms. The van der Waals surface area contributed by atoms with Crippen LogP contribution < -0.4 is 0 Å². The predicted molar refractivity (Wildman–Crippen MR) is 70.8 cm³/mol. The molecule has 0 N–H and O–H groups in total. The Morgan fingerprint density at radius 2 is 1.95 bits per heavy atom. The van der Waals surface area contributed by atoms with Gasteiger partial charge in [0.05, 0.1) is 16.4 Å². The largest absolute Gasteiger partial charge is 0.355 e. The molecule has 2 aromatic carbocycles. The van der Waals surface area contributed by atoms with E-state index in [1.165, 1.54) is 18.2 Å². The van der Waals surface area contributed by atoms with Crippen molar-refractivity contribution in [1.82, 2.24) is 5.16 Å². The van der Waals surface area contributed by atoms with Gasteiger partial charge in [0.1, 0.15) is 11.5 Å². The molecule has 100 valence electrons. The molecule has 0 saturated carbocycles. The molecular weight excluding hydrogens is 263 g/mol. The zero-order valence-electron chi connectivity index (χ0n) is 10.5. The maximum Gasteiger partial charge on any atom is 0.276 e. The maximum atomic E-state index is 12.9. The number of nitrogens with zero attached hydrogens (tertiary/aromatic N) is 2. The average Bonchev–Trinajstić information content (AvgIpc) is 2.81. The Hall–Kier alpha value is -2.76. The Morgan fingerprint density at radius 3 is 2.60 bits per heavy atom. The molecule has 6 heteroatoms. The van der Waals surface area contributed by atoms with Crippen molar-refractivity contribution in [2.45, 2.75) is 6.92 Å². The molecule has 3 aromatic rings. The first kappa shape index (κ1) is 12.3. The zero-order chi connectivity index (χ0) is 14.3. The van der Waals surface area contributed by atoms with Gasteiger partial charge in [0, 0.05) is 11.1 Å². The van der Waals surface area contributed by atoms with Gasteiger partial charge in [-0.25, -0.2) is 4.39 Å². The molecule has 1 aromatic heterocycles. The van der Waals surface area contributed by atoms with Crippen LogP contribution in [0.2, 0.25) is 0 Å². The molecule has 0 unspecified atom stereocenters. The minimum Gasteiger partial charge on any atom is -0.355 e. The molecule has 0 amide bonds. The van der Waals surface area contributed by atoms with Crippen molar-refractivity contribution in [3.05, 3.63) is 57.9 Å². The van der Waals surface area contributed by atoms with E-state index in [0.29, 0.717) is 27.8 Å². The van der Waals surface area contributed by atoms with E-state index in [4.69, 9.17) is 4.52 Å². The molecule has 0 radical (unpaired) electrons. The highest BCUT2D eigenvalue weighted by Crippen LogP contribution is 2.32. The molecule has 20 heavy (non-hydrogen) atoms. The minimum absolute atomic E-state index is 0.0145. The SMILES string of the molecule is Cc1cc2c(-c3ccc(F)cc3)noc2cc1[N+](=O)[O-]. The molecule has 0 fully saturated rings. The summed E-state index contributed by atoms with van der Waals surface area (Å²) in [6.45, 7) is 1.65. The molecular formula is C14H9FN2O3. The van der Waals surface area contributed by atoms with E-state index in [0.717, 1.165) is 0 Å². The van der Waals surface area contributed by atoms with Crippen LogP contribution in [-0.4, -0.2) is 10.1 Å². The number of hydrogen-bond acceptors (Lipinski definition) is 4. The van der Waals surface area contributed by atoms with Crippen LogP contribution >= 0.6 is 0 Å². The Morgan fingerprint density at radius 1 is 1.25 bits per heavy atom. The van der Waals surface area contributed by atoms with E-state index >= 15 is 0 Å². The van der Waals surface area contributed by atoms with Crippen LogP contribution in [0.5, 0.6) is 0 Å². The highest BCUT2D eigenvalue weighted by molar-refractivity contribution is 5.93. The van der Waals surface area contributed by atoms with Gasteiger partial charge in [0.15, 0.2) is 5.58 Å². The number of aryl methyl sites for hydroxylation is 1. The van der Waals surface area contributed by atoms with E-state index < -0.39 is 4.92 Å². The number of nitro benzene ring substituents is 1. The molecule has 1 heterocycles. The Kier molecular flexibility index (Phi) is 2.71. The summed E-state index contributed by atoms with van der Waals surface area (Å²) >= 11 is 0. The second kappa shape index (κ2) is 4.41. The van der Waals surface area contributed by atoms with Crippen LogP contribution in [0, 0.1) is 22.9 Å². The molecule has 0 saturated heterocycles. The minimum atomic E-state index is -0.463. The van der Waals surface area contributed by atoms with Crippen molar-refractivity contribution in [3.63, 3.8) is 0 Å². The number of hydrogen-bond donors (Lipinski definition) is 0. The van der Waals surface area contributed by atoms with E-state index in [2.05, 4.69) is 5.16 Å². The fourth-order valence-corrected chi connectivity index (χ4v) is 2.09. The van der Waals surface area contributed by atoms with Gasteiger partial charge < -0.3 is 4.52 Å². The van der Waals surface area contributed by atoms with Crippen LogP contribution in [0.15, 0.2) is 40.9 Å². The van der Waals surface area contributed by atoms with E-state index in [9.17, 15) is 14.5 Å². The molecule has 5 nitrogen and oxygen atoms in total. The van der Waals surface area contributed by atoms with Crippen LogP contribution in [-0.2, 0) is 0 Å². The highest BCUT2D eigenvalue weighted by Gasteiger charge is 2.17. The Labute approximate surface area is 112 Å². The van der Waals surface area contributed by atoms with Crippen LogP contribution in [0.4, 0.5) is 10.1 Å². The summed E-state index contributed by atoms with van der Waals surface area (Å²) in [6.07, 6.45) is 0. The van der Waals surface area contributed by atoms with Crippen LogP contribution in [0.25, 0.3) is 22.2 Å². The van der Waals surface area contributed by atoms with E-state index in [1.807, 2.05) is 0 Å². The molecule has 0 aliphatic rings. The van der Waals surface area contributed by atoms with E-state index in [1.54, 1.807) is 25.1 Å². The van der Waals surface area contributed by atoms with Gasteiger partial charge in [0.2, 0.25) is 0 Å². The smallest absolute Gasteiger partial charge is 0.276 e. The summed E-state index contributed by atoms with van der Waals surface area (Å²) in [5.74, 6) is -0.339. The lowest BCUT2D eigenvalue weighted by atomic mass is 10.1. The van der Waals surface area contributed by atoms with Gasteiger partial charge in [-0.1, -0.05) is 5.16 Å². The monoisotopic (exact) mass is 272 g/mol. The first-order valence-corrected chi connectivity index (χ1v) is 5.86. The fraction of sp³-hybridized carbons (Fsp3) is 0.0714. The van der Waals surface area contributed by atoms with Gasteiger partial charge in [-0.2, -0.15) is 0 Å². The first-order valence-electron chi connectivity index (χ1n) is 5.86.